The van der Waals surface area contributed by atoms with Crippen molar-refractivity contribution >= 4 is 53.8 Å². The van der Waals surface area contributed by atoms with Gasteiger partial charge in [-0.3, -0.25) is 4.79 Å². The SMILES string of the molecule is O=C(F)C(Br)(Br)Br. The molecule has 0 aromatic heterocycles. The smallest absolute Gasteiger partial charge is 0.257 e. The molecule has 0 amide bonds. The number of rotatable bonds is 0. The van der Waals surface area contributed by atoms with E-state index >= 15 is 0 Å². The molecule has 0 aliphatic rings. The fourth-order valence-corrected chi connectivity index (χ4v) is 0. The van der Waals surface area contributed by atoms with Gasteiger partial charge in [-0.15, -0.1) is 0 Å². The molecule has 0 rings (SSSR count). The first-order chi connectivity index (χ1) is 2.94. The highest BCUT2D eigenvalue weighted by Gasteiger charge is 2.27. The van der Waals surface area contributed by atoms with E-state index in [9.17, 15) is 9.18 Å². The van der Waals surface area contributed by atoms with Crippen LogP contribution in [-0.2, 0) is 4.79 Å². The molecule has 5 heteroatoms. The van der Waals surface area contributed by atoms with Crippen LogP contribution in [0.15, 0.2) is 0 Å². The molecule has 42 valence electrons. The van der Waals surface area contributed by atoms with Gasteiger partial charge in [-0.2, -0.15) is 4.39 Å². The lowest BCUT2D eigenvalue weighted by molar-refractivity contribution is -0.127. The monoisotopic (exact) mass is 296 g/mol. The number of carbonyl (C=O) groups excluding carboxylic acids is 1. The third-order valence-electron chi connectivity index (χ3n) is 0.223. The van der Waals surface area contributed by atoms with Crippen molar-refractivity contribution in [2.75, 3.05) is 0 Å². The first-order valence-electron chi connectivity index (χ1n) is 1.21. The molecule has 0 N–H and O–H groups in total. The van der Waals surface area contributed by atoms with Gasteiger partial charge >= 0.3 is 6.04 Å². The summed E-state index contributed by atoms with van der Waals surface area (Å²) in [6.07, 6.45) is 0. The van der Waals surface area contributed by atoms with Crippen molar-refractivity contribution in [1.82, 2.24) is 0 Å². The molecule has 0 aliphatic heterocycles. The summed E-state index contributed by atoms with van der Waals surface area (Å²) < 4.78 is 10.1. The number of hydrogen-bond acceptors (Lipinski definition) is 1. The molecule has 0 spiro atoms. The number of carbonyl (C=O) groups is 1. The second kappa shape index (κ2) is 2.55. The predicted octanol–water partition coefficient (Wildman–Crippen LogP) is 2.32. The molecule has 0 saturated heterocycles. The van der Waals surface area contributed by atoms with E-state index in [1.165, 1.54) is 0 Å². The largest absolute Gasteiger partial charge is 0.339 e. The summed E-state index contributed by atoms with van der Waals surface area (Å²) in [7, 11) is 0. The van der Waals surface area contributed by atoms with E-state index in [4.69, 9.17) is 0 Å². The topological polar surface area (TPSA) is 17.1 Å². The molecule has 0 aromatic carbocycles. The van der Waals surface area contributed by atoms with Crippen molar-refractivity contribution in [3.8, 4) is 0 Å². The van der Waals surface area contributed by atoms with Crippen LogP contribution < -0.4 is 0 Å². The molecule has 0 bridgehead atoms. The van der Waals surface area contributed by atoms with Crippen LogP contribution in [0.2, 0.25) is 0 Å². The molecule has 0 atom stereocenters. The zero-order valence-corrected chi connectivity index (χ0v) is 7.68. The average molecular weight is 299 g/mol. The van der Waals surface area contributed by atoms with Gasteiger partial charge in [-0.25, -0.2) is 0 Å². The van der Waals surface area contributed by atoms with Crippen LogP contribution >= 0.6 is 47.8 Å². The molecule has 7 heavy (non-hydrogen) atoms. The maximum atomic E-state index is 11.4. The minimum absolute atomic E-state index is 1.37. The zero-order chi connectivity index (χ0) is 6.08. The maximum Gasteiger partial charge on any atom is 0.339 e. The highest BCUT2D eigenvalue weighted by molar-refractivity contribution is 9.40. The van der Waals surface area contributed by atoms with Crippen LogP contribution in [0.1, 0.15) is 0 Å². The maximum absolute atomic E-state index is 11.4. The van der Waals surface area contributed by atoms with Crippen molar-refractivity contribution in [2.24, 2.45) is 0 Å². The summed E-state index contributed by atoms with van der Waals surface area (Å²) in [6.45, 7) is 0. The van der Waals surface area contributed by atoms with E-state index in [0.717, 1.165) is 0 Å². The quantitative estimate of drug-likeness (QED) is 0.495. The number of hydrogen-bond donors (Lipinski definition) is 0. The fraction of sp³-hybridized carbons (Fsp3) is 0.500. The highest BCUT2D eigenvalue weighted by Crippen LogP contribution is 2.34. The third kappa shape index (κ3) is 3.61. The molecule has 0 fully saturated rings. The van der Waals surface area contributed by atoms with Crippen LogP contribution in [0.4, 0.5) is 4.39 Å². The molecular weight excluding hydrogens is 299 g/mol. The van der Waals surface area contributed by atoms with Crippen LogP contribution in [-0.4, -0.2) is 8.18 Å². The van der Waals surface area contributed by atoms with Gasteiger partial charge < -0.3 is 0 Å². The molecule has 0 aliphatic carbocycles. The lowest BCUT2D eigenvalue weighted by atomic mass is 10.9. The zero-order valence-electron chi connectivity index (χ0n) is 2.92. The minimum Gasteiger partial charge on any atom is -0.257 e. The van der Waals surface area contributed by atoms with Crippen LogP contribution in [0.25, 0.3) is 0 Å². The van der Waals surface area contributed by atoms with Gasteiger partial charge in [-0.1, -0.05) is 0 Å². The first kappa shape index (κ1) is 8.04. The van der Waals surface area contributed by atoms with E-state index in [0.29, 0.717) is 0 Å². The Morgan fingerprint density at radius 2 is 1.57 bits per heavy atom. The Bertz CT molecular complexity index is 85.4. The first-order valence-corrected chi connectivity index (χ1v) is 3.59. The van der Waals surface area contributed by atoms with Crippen LogP contribution in [0, 0.1) is 0 Å². The van der Waals surface area contributed by atoms with E-state index in [2.05, 4.69) is 47.8 Å². The molecule has 0 heterocycles. The van der Waals surface area contributed by atoms with Gasteiger partial charge in [0.25, 0.3) is 0 Å². The Kier molecular flexibility index (Phi) is 2.93. The van der Waals surface area contributed by atoms with Gasteiger partial charge in [0.05, 0.1) is 0 Å². The van der Waals surface area contributed by atoms with Gasteiger partial charge in [0, 0.05) is 0 Å². The van der Waals surface area contributed by atoms with E-state index in [1.807, 2.05) is 0 Å². The minimum atomic E-state index is -1.51. The Labute approximate surface area is 65.0 Å². The summed E-state index contributed by atoms with van der Waals surface area (Å²) in [5.74, 6) is 0. The van der Waals surface area contributed by atoms with E-state index < -0.39 is 8.18 Å². The Morgan fingerprint density at radius 1 is 1.43 bits per heavy atom. The Hall–Kier alpha value is 1.04. The fourth-order valence-electron chi connectivity index (χ4n) is 0. The molecule has 0 aromatic rings. The van der Waals surface area contributed by atoms with Crippen LogP contribution in [0.5, 0.6) is 0 Å². The third-order valence-corrected chi connectivity index (χ3v) is 1.16. The van der Waals surface area contributed by atoms with E-state index in [-0.39, 0.29) is 0 Å². The summed E-state index contributed by atoms with van der Waals surface area (Å²) in [5.41, 5.74) is 0. The van der Waals surface area contributed by atoms with Crippen molar-refractivity contribution in [3.05, 3.63) is 0 Å². The van der Waals surface area contributed by atoms with Gasteiger partial charge in [0.1, 0.15) is 0 Å². The average Bonchev–Trinajstić information content (AvgIpc) is 1.31. The highest BCUT2D eigenvalue weighted by atomic mass is 80.0. The normalized spacial score (nSPS) is 11.4. The Morgan fingerprint density at radius 3 is 1.57 bits per heavy atom. The summed E-state index contributed by atoms with van der Waals surface area (Å²) >= 11 is 7.95. The van der Waals surface area contributed by atoms with Gasteiger partial charge in [0.2, 0.25) is 2.14 Å². The van der Waals surface area contributed by atoms with Crippen LogP contribution in [0.3, 0.4) is 0 Å². The second-order valence-electron chi connectivity index (χ2n) is 0.771. The predicted molar refractivity (Wildman–Crippen MR) is 35.6 cm³/mol. The molecule has 1 nitrogen and oxygen atoms in total. The lowest BCUT2D eigenvalue weighted by Gasteiger charge is -1.99. The van der Waals surface area contributed by atoms with Gasteiger partial charge in [0.15, 0.2) is 0 Å². The molecule has 0 radical (unpaired) electrons. The van der Waals surface area contributed by atoms with Crippen molar-refractivity contribution in [1.29, 1.82) is 0 Å². The van der Waals surface area contributed by atoms with E-state index in [1.54, 1.807) is 0 Å². The lowest BCUT2D eigenvalue weighted by Crippen LogP contribution is -2.09. The Balaban J connectivity index is 3.79. The molecule has 0 saturated carbocycles. The van der Waals surface area contributed by atoms with Crippen molar-refractivity contribution < 1.29 is 9.18 Å². The standard InChI is InChI=1S/C2Br3FO/c3-2(4,5)1(6)7. The van der Waals surface area contributed by atoms with Gasteiger partial charge in [-0.05, 0) is 47.8 Å². The summed E-state index contributed by atoms with van der Waals surface area (Å²) in [5, 5.41) is 0. The second-order valence-corrected chi connectivity index (χ2v) is 7.53. The van der Waals surface area contributed by atoms with Crippen molar-refractivity contribution in [2.45, 2.75) is 2.14 Å². The molecular formula is C2Br3FO. The molecule has 0 unspecified atom stereocenters. The summed E-state index contributed by atoms with van der Waals surface area (Å²) in [4.78, 5) is 9.66. The van der Waals surface area contributed by atoms with Crippen molar-refractivity contribution in [3.63, 3.8) is 0 Å². The summed E-state index contributed by atoms with van der Waals surface area (Å²) in [6, 6.07) is -1.51. The number of halogens is 4. The number of alkyl halides is 3.